The average molecular weight is 287 g/mol. The van der Waals surface area contributed by atoms with Crippen LogP contribution in [0.2, 0.25) is 0 Å². The Balaban J connectivity index is 2.41. The number of hydrogen-bond donors (Lipinski definition) is 1. The summed E-state index contributed by atoms with van der Waals surface area (Å²) in [5, 5.41) is 9.26. The third-order valence-corrected chi connectivity index (χ3v) is 3.50. The molecule has 0 spiro atoms. The zero-order chi connectivity index (χ0) is 12.0. The van der Waals surface area contributed by atoms with E-state index in [1.807, 2.05) is 24.3 Å². The van der Waals surface area contributed by atoms with Gasteiger partial charge in [0.25, 0.3) is 0 Å². The maximum Gasteiger partial charge on any atom is 0.120 e. The fourth-order valence-corrected chi connectivity index (χ4v) is 1.72. The van der Waals surface area contributed by atoms with Crippen LogP contribution in [-0.4, -0.2) is 18.3 Å². The van der Waals surface area contributed by atoms with Crippen LogP contribution in [0.3, 0.4) is 0 Å². The van der Waals surface area contributed by atoms with Crippen LogP contribution in [-0.2, 0) is 0 Å². The highest BCUT2D eigenvalue weighted by atomic mass is 79.9. The van der Waals surface area contributed by atoms with E-state index in [1.54, 1.807) is 0 Å². The predicted molar refractivity (Wildman–Crippen MR) is 69.7 cm³/mol. The van der Waals surface area contributed by atoms with E-state index in [-0.39, 0.29) is 12.0 Å². The van der Waals surface area contributed by atoms with Crippen molar-refractivity contribution in [3.63, 3.8) is 0 Å². The molecule has 0 saturated carbocycles. The molecule has 0 aromatic heterocycles. The monoisotopic (exact) mass is 286 g/mol. The first kappa shape index (κ1) is 13.5. The third-order valence-electron chi connectivity index (χ3n) is 3.01. The van der Waals surface area contributed by atoms with E-state index in [4.69, 9.17) is 4.74 Å². The number of benzene rings is 1. The van der Waals surface area contributed by atoms with Gasteiger partial charge < -0.3 is 9.84 Å². The summed E-state index contributed by atoms with van der Waals surface area (Å²) >= 11 is 3.40. The average Bonchev–Trinajstić information content (AvgIpc) is 2.29. The second-order valence-electron chi connectivity index (χ2n) is 4.38. The van der Waals surface area contributed by atoms with Crippen LogP contribution >= 0.6 is 15.9 Å². The number of rotatable bonds is 6. The van der Waals surface area contributed by atoms with Crippen LogP contribution < -0.4 is 4.74 Å². The molecule has 1 aromatic carbocycles. The summed E-state index contributed by atoms with van der Waals surface area (Å²) in [7, 11) is 0. The summed E-state index contributed by atoms with van der Waals surface area (Å²) in [6.45, 7) is 5.03. The molecule has 0 heterocycles. The van der Waals surface area contributed by atoms with Crippen LogP contribution in [0, 0.1) is 5.41 Å². The van der Waals surface area contributed by atoms with Crippen molar-refractivity contribution in [3.8, 4) is 5.75 Å². The van der Waals surface area contributed by atoms with E-state index in [2.05, 4.69) is 29.8 Å². The molecule has 90 valence electrons. The topological polar surface area (TPSA) is 29.5 Å². The zero-order valence-corrected chi connectivity index (χ0v) is 11.5. The van der Waals surface area contributed by atoms with E-state index in [0.717, 1.165) is 23.1 Å². The summed E-state index contributed by atoms with van der Waals surface area (Å²) in [5.74, 6) is 0.866. The van der Waals surface area contributed by atoms with Crippen LogP contribution in [0.4, 0.5) is 0 Å². The van der Waals surface area contributed by atoms with Crippen LogP contribution in [0.25, 0.3) is 0 Å². The molecule has 2 nitrogen and oxygen atoms in total. The standard InChI is InChI=1S/C13H19BrO2/c1-3-13(2,10-15)7-8-16-12-6-4-5-11(14)9-12/h4-6,9,15H,3,7-8,10H2,1-2H3. The van der Waals surface area contributed by atoms with Crippen LogP contribution in [0.5, 0.6) is 5.75 Å². The minimum atomic E-state index is -0.0218. The molecule has 1 unspecified atom stereocenters. The highest BCUT2D eigenvalue weighted by Crippen LogP contribution is 2.25. The highest BCUT2D eigenvalue weighted by molar-refractivity contribution is 9.10. The van der Waals surface area contributed by atoms with E-state index in [1.165, 1.54) is 0 Å². The summed E-state index contributed by atoms with van der Waals surface area (Å²) in [6.07, 6.45) is 1.83. The Bertz CT molecular complexity index is 321. The van der Waals surface area contributed by atoms with Gasteiger partial charge in [-0.3, -0.25) is 0 Å². The SMILES string of the molecule is CCC(C)(CO)CCOc1cccc(Br)c1. The van der Waals surface area contributed by atoms with Crippen LogP contribution in [0.1, 0.15) is 26.7 Å². The van der Waals surface area contributed by atoms with Crippen molar-refractivity contribution in [1.82, 2.24) is 0 Å². The predicted octanol–water partition coefficient (Wildman–Crippen LogP) is 3.63. The van der Waals surface area contributed by atoms with Gasteiger partial charge in [0.05, 0.1) is 6.61 Å². The molecule has 0 bridgehead atoms. The van der Waals surface area contributed by atoms with Gasteiger partial charge in [-0.15, -0.1) is 0 Å². The van der Waals surface area contributed by atoms with Gasteiger partial charge in [0.15, 0.2) is 0 Å². The van der Waals surface area contributed by atoms with Gasteiger partial charge in [-0.05, 0) is 36.5 Å². The molecule has 0 amide bonds. The first-order valence-corrected chi connectivity index (χ1v) is 6.38. The Kier molecular flexibility index (Phi) is 5.29. The first-order chi connectivity index (χ1) is 7.59. The van der Waals surface area contributed by atoms with Gasteiger partial charge in [0, 0.05) is 11.1 Å². The van der Waals surface area contributed by atoms with Gasteiger partial charge in [-0.25, -0.2) is 0 Å². The number of hydrogen-bond acceptors (Lipinski definition) is 2. The van der Waals surface area contributed by atoms with Crippen molar-refractivity contribution >= 4 is 15.9 Å². The molecule has 0 aliphatic carbocycles. The molecular weight excluding hydrogens is 268 g/mol. The maximum atomic E-state index is 9.26. The second-order valence-corrected chi connectivity index (χ2v) is 5.29. The number of aliphatic hydroxyl groups is 1. The third kappa shape index (κ3) is 4.14. The van der Waals surface area contributed by atoms with Crippen molar-refractivity contribution < 1.29 is 9.84 Å². The lowest BCUT2D eigenvalue weighted by molar-refractivity contribution is 0.108. The fourth-order valence-electron chi connectivity index (χ4n) is 1.34. The highest BCUT2D eigenvalue weighted by Gasteiger charge is 2.20. The lowest BCUT2D eigenvalue weighted by Crippen LogP contribution is -2.23. The normalized spacial score (nSPS) is 14.5. The van der Waals surface area contributed by atoms with E-state index >= 15 is 0 Å². The van der Waals surface area contributed by atoms with Crippen molar-refractivity contribution in [2.75, 3.05) is 13.2 Å². The largest absolute Gasteiger partial charge is 0.494 e. The molecular formula is C13H19BrO2. The molecule has 1 N–H and O–H groups in total. The van der Waals surface area contributed by atoms with Crippen molar-refractivity contribution in [3.05, 3.63) is 28.7 Å². The Hall–Kier alpha value is -0.540. The maximum absolute atomic E-state index is 9.26. The molecule has 16 heavy (non-hydrogen) atoms. The van der Waals surface area contributed by atoms with Crippen LogP contribution in [0.15, 0.2) is 28.7 Å². The number of halogens is 1. The first-order valence-electron chi connectivity index (χ1n) is 5.59. The van der Waals surface area contributed by atoms with Gasteiger partial charge in [0.1, 0.15) is 5.75 Å². The van der Waals surface area contributed by atoms with Gasteiger partial charge in [-0.2, -0.15) is 0 Å². The molecule has 0 saturated heterocycles. The second kappa shape index (κ2) is 6.26. The molecule has 1 aromatic rings. The van der Waals surface area contributed by atoms with Crippen molar-refractivity contribution in [2.24, 2.45) is 5.41 Å². The number of aliphatic hydroxyl groups excluding tert-OH is 1. The summed E-state index contributed by atoms with van der Waals surface area (Å²) < 4.78 is 6.66. The summed E-state index contributed by atoms with van der Waals surface area (Å²) in [5.41, 5.74) is -0.0218. The molecule has 0 fully saturated rings. The molecule has 1 atom stereocenters. The summed E-state index contributed by atoms with van der Waals surface area (Å²) in [4.78, 5) is 0. The van der Waals surface area contributed by atoms with Crippen molar-refractivity contribution in [1.29, 1.82) is 0 Å². The Morgan fingerprint density at radius 1 is 1.44 bits per heavy atom. The lowest BCUT2D eigenvalue weighted by atomic mass is 9.85. The fraction of sp³-hybridized carbons (Fsp3) is 0.538. The quantitative estimate of drug-likeness (QED) is 0.865. The van der Waals surface area contributed by atoms with Gasteiger partial charge in [0.2, 0.25) is 0 Å². The Morgan fingerprint density at radius 3 is 2.75 bits per heavy atom. The summed E-state index contributed by atoms with van der Waals surface area (Å²) in [6, 6.07) is 7.80. The zero-order valence-electron chi connectivity index (χ0n) is 9.87. The van der Waals surface area contributed by atoms with E-state index < -0.39 is 0 Å². The van der Waals surface area contributed by atoms with E-state index in [0.29, 0.717) is 6.61 Å². The minimum Gasteiger partial charge on any atom is -0.494 e. The molecule has 3 heteroatoms. The molecule has 0 aliphatic rings. The van der Waals surface area contributed by atoms with Gasteiger partial charge in [-0.1, -0.05) is 35.8 Å². The molecule has 0 aliphatic heterocycles. The molecule has 1 rings (SSSR count). The van der Waals surface area contributed by atoms with Crippen molar-refractivity contribution in [2.45, 2.75) is 26.7 Å². The van der Waals surface area contributed by atoms with Gasteiger partial charge >= 0.3 is 0 Å². The number of ether oxygens (including phenoxy) is 1. The Labute approximate surface area is 106 Å². The lowest BCUT2D eigenvalue weighted by Gasteiger charge is -2.25. The Morgan fingerprint density at radius 2 is 2.19 bits per heavy atom. The molecule has 0 radical (unpaired) electrons. The van der Waals surface area contributed by atoms with E-state index in [9.17, 15) is 5.11 Å². The minimum absolute atomic E-state index is 0.0218. The smallest absolute Gasteiger partial charge is 0.120 e.